The predicted molar refractivity (Wildman–Crippen MR) is 179 cm³/mol. The Hall–Kier alpha value is -4.33. The van der Waals surface area contributed by atoms with Crippen LogP contribution in [-0.4, -0.2) is 110 Å². The first-order valence-electron chi connectivity index (χ1n) is 16.4. The number of anilines is 4. The number of H-pyrrole nitrogens is 1. The molecule has 2 aliphatic heterocycles. The number of piperazine rings is 1. The van der Waals surface area contributed by atoms with Gasteiger partial charge >= 0.3 is 0 Å². The van der Waals surface area contributed by atoms with Gasteiger partial charge < -0.3 is 36.3 Å². The van der Waals surface area contributed by atoms with Gasteiger partial charge in [-0.15, -0.1) is 0 Å². The number of nitrogens with one attached hydrogen (secondary N) is 3. The number of aliphatic hydroxyl groups is 1. The molecular formula is C33H43N11O2. The standard InChI is InChI=1S/C33H43N11O2/c1-42-14-16-44(17-15-42)24-10-12-43(13-11-24)23-6-2-21(3-7-23)39-33-30(31(34)46)40-29(26-18-35-19-27-28(26)37-20-36-27)32(41-33)38-22-4-8-25(45)9-5-22/h2-3,6-7,18-20,22,24-25,45H,4-5,8-17H2,1H3,(H2,34,46)(H,36,37)(H2,38,39,41)/t22-,25-. The quantitative estimate of drug-likeness (QED) is 0.195. The van der Waals surface area contributed by atoms with Gasteiger partial charge in [0, 0.05) is 68.9 Å². The number of pyridine rings is 1. The Morgan fingerprint density at radius 3 is 2.39 bits per heavy atom. The van der Waals surface area contributed by atoms with E-state index in [9.17, 15) is 9.90 Å². The Morgan fingerprint density at radius 1 is 0.935 bits per heavy atom. The number of rotatable bonds is 8. The molecule has 1 aromatic carbocycles. The van der Waals surface area contributed by atoms with E-state index in [2.05, 4.69) is 59.5 Å². The van der Waals surface area contributed by atoms with E-state index in [1.807, 2.05) is 12.1 Å². The van der Waals surface area contributed by atoms with Gasteiger partial charge in [-0.1, -0.05) is 0 Å². The van der Waals surface area contributed by atoms with Crippen molar-refractivity contribution >= 4 is 40.0 Å². The minimum absolute atomic E-state index is 0.0298. The number of imidazole rings is 1. The van der Waals surface area contributed by atoms with Gasteiger partial charge in [0.05, 0.1) is 29.7 Å². The highest BCUT2D eigenvalue weighted by atomic mass is 16.3. The molecule has 3 fully saturated rings. The molecule has 6 N–H and O–H groups in total. The SMILES string of the molecule is CN1CCN(C2CCN(c3ccc(Nc4nc(N[C@H]5CC[C@H](O)CC5)c(-c5cncc6[nH]cnc56)nc4C(N)=O)cc3)CC2)CC1. The fraction of sp³-hybridized carbons (Fsp3) is 0.485. The molecule has 0 bridgehead atoms. The van der Waals surface area contributed by atoms with Crippen LogP contribution in [-0.2, 0) is 0 Å². The summed E-state index contributed by atoms with van der Waals surface area (Å²) in [6.45, 7) is 6.70. The van der Waals surface area contributed by atoms with Gasteiger partial charge in [0.15, 0.2) is 17.3 Å². The van der Waals surface area contributed by atoms with Crippen molar-refractivity contribution in [2.24, 2.45) is 5.73 Å². The number of nitrogens with two attached hydrogens (primary N) is 1. The van der Waals surface area contributed by atoms with Crippen molar-refractivity contribution in [3.63, 3.8) is 0 Å². The zero-order valence-corrected chi connectivity index (χ0v) is 26.3. The molecule has 1 amide bonds. The van der Waals surface area contributed by atoms with Crippen molar-refractivity contribution in [2.75, 3.05) is 61.8 Å². The van der Waals surface area contributed by atoms with Crippen LogP contribution in [0.3, 0.4) is 0 Å². The summed E-state index contributed by atoms with van der Waals surface area (Å²) in [7, 11) is 2.20. The number of piperidine rings is 1. The van der Waals surface area contributed by atoms with E-state index in [-0.39, 0.29) is 23.7 Å². The fourth-order valence-corrected chi connectivity index (χ4v) is 7.00. The Labute approximate surface area is 268 Å². The number of hydrogen-bond donors (Lipinski definition) is 5. The molecule has 7 rings (SSSR count). The summed E-state index contributed by atoms with van der Waals surface area (Å²) in [5.41, 5.74) is 10.4. The van der Waals surface area contributed by atoms with Crippen LogP contribution in [0.5, 0.6) is 0 Å². The van der Waals surface area contributed by atoms with E-state index in [1.54, 1.807) is 18.7 Å². The number of hydrogen-bond acceptors (Lipinski definition) is 11. The van der Waals surface area contributed by atoms with E-state index in [0.717, 1.165) is 63.3 Å². The molecule has 1 aliphatic carbocycles. The van der Waals surface area contributed by atoms with Crippen LogP contribution in [0, 0.1) is 0 Å². The van der Waals surface area contributed by atoms with Crippen molar-refractivity contribution in [2.45, 2.75) is 56.7 Å². The summed E-state index contributed by atoms with van der Waals surface area (Å²) >= 11 is 0. The second-order valence-electron chi connectivity index (χ2n) is 12.8. The molecule has 0 spiro atoms. The lowest BCUT2D eigenvalue weighted by Crippen LogP contribution is -2.52. The number of primary amides is 1. The third-order valence-electron chi connectivity index (χ3n) is 9.77. The van der Waals surface area contributed by atoms with Crippen LogP contribution < -0.4 is 21.3 Å². The molecule has 5 heterocycles. The zero-order valence-electron chi connectivity index (χ0n) is 26.3. The summed E-state index contributed by atoms with van der Waals surface area (Å²) < 4.78 is 0. The summed E-state index contributed by atoms with van der Waals surface area (Å²) in [5.74, 6) is 0.0918. The molecule has 0 radical (unpaired) electrons. The average Bonchev–Trinajstić information content (AvgIpc) is 3.56. The molecule has 4 aromatic rings. The van der Waals surface area contributed by atoms with Crippen molar-refractivity contribution in [3.8, 4) is 11.3 Å². The molecule has 0 unspecified atom stereocenters. The van der Waals surface area contributed by atoms with Crippen molar-refractivity contribution in [3.05, 3.63) is 48.7 Å². The molecule has 13 heteroatoms. The number of aromatic nitrogens is 5. The first kappa shape index (κ1) is 30.3. The summed E-state index contributed by atoms with van der Waals surface area (Å²) in [5, 5.41) is 16.9. The van der Waals surface area contributed by atoms with Crippen LogP contribution >= 0.6 is 0 Å². The summed E-state index contributed by atoms with van der Waals surface area (Å²) in [4.78, 5) is 41.9. The lowest BCUT2D eigenvalue weighted by molar-refractivity contribution is 0.0982. The van der Waals surface area contributed by atoms with Gasteiger partial charge in [-0.2, -0.15) is 0 Å². The van der Waals surface area contributed by atoms with Crippen LogP contribution in [0.2, 0.25) is 0 Å². The minimum atomic E-state index is -0.689. The largest absolute Gasteiger partial charge is 0.393 e. The number of likely N-dealkylation sites (N-methyl/N-ethyl adjacent to an activating group) is 1. The lowest BCUT2D eigenvalue weighted by atomic mass is 9.93. The molecule has 0 atom stereocenters. The molecule has 242 valence electrons. The summed E-state index contributed by atoms with van der Waals surface area (Å²) in [6, 6.07) is 8.99. The zero-order chi connectivity index (χ0) is 31.6. The second-order valence-corrected chi connectivity index (χ2v) is 12.8. The first-order chi connectivity index (χ1) is 22.4. The molecule has 2 saturated heterocycles. The van der Waals surface area contributed by atoms with E-state index in [4.69, 9.17) is 15.7 Å². The van der Waals surface area contributed by atoms with Gasteiger partial charge in [0.25, 0.3) is 5.91 Å². The third kappa shape index (κ3) is 6.48. The smallest absolute Gasteiger partial charge is 0.271 e. The van der Waals surface area contributed by atoms with E-state index in [0.29, 0.717) is 41.5 Å². The van der Waals surface area contributed by atoms with Gasteiger partial charge in [0.1, 0.15) is 11.2 Å². The number of aromatic amines is 1. The Morgan fingerprint density at radius 2 is 1.67 bits per heavy atom. The Balaban J connectivity index is 1.12. The molecule has 46 heavy (non-hydrogen) atoms. The maximum atomic E-state index is 12.7. The third-order valence-corrected chi connectivity index (χ3v) is 9.77. The molecule has 3 aliphatic rings. The number of benzene rings is 1. The monoisotopic (exact) mass is 625 g/mol. The molecular weight excluding hydrogens is 582 g/mol. The van der Waals surface area contributed by atoms with Gasteiger partial charge in [0.2, 0.25) is 0 Å². The number of amides is 1. The maximum Gasteiger partial charge on any atom is 0.271 e. The number of carbonyl (C=O) groups is 1. The highest BCUT2D eigenvalue weighted by Crippen LogP contribution is 2.34. The van der Waals surface area contributed by atoms with Crippen LogP contribution in [0.1, 0.15) is 49.0 Å². The number of carbonyl (C=O) groups excluding carboxylic acids is 1. The normalized spacial score (nSPS) is 21.8. The van der Waals surface area contributed by atoms with Crippen molar-refractivity contribution < 1.29 is 9.90 Å². The average molecular weight is 626 g/mol. The lowest BCUT2D eigenvalue weighted by Gasteiger charge is -2.42. The number of aliphatic hydroxyl groups excluding tert-OH is 1. The van der Waals surface area contributed by atoms with Gasteiger partial charge in [-0.05, 0) is 69.8 Å². The van der Waals surface area contributed by atoms with Crippen molar-refractivity contribution in [1.29, 1.82) is 0 Å². The van der Waals surface area contributed by atoms with Gasteiger partial charge in [-0.3, -0.25) is 14.7 Å². The van der Waals surface area contributed by atoms with Crippen LogP contribution in [0.15, 0.2) is 43.0 Å². The van der Waals surface area contributed by atoms with Crippen molar-refractivity contribution in [1.82, 2.24) is 34.7 Å². The van der Waals surface area contributed by atoms with E-state index >= 15 is 0 Å². The molecule has 3 aromatic heterocycles. The number of fused-ring (bicyclic) bond motifs is 1. The fourth-order valence-electron chi connectivity index (χ4n) is 7.00. The second kappa shape index (κ2) is 13.2. The first-order valence-corrected chi connectivity index (χ1v) is 16.4. The Bertz CT molecular complexity index is 1650. The van der Waals surface area contributed by atoms with E-state index in [1.165, 1.54) is 18.5 Å². The highest BCUT2D eigenvalue weighted by molar-refractivity contribution is 5.99. The van der Waals surface area contributed by atoms with Crippen LogP contribution in [0.4, 0.5) is 23.0 Å². The molecule has 1 saturated carbocycles. The highest BCUT2D eigenvalue weighted by Gasteiger charge is 2.28. The minimum Gasteiger partial charge on any atom is -0.393 e. The predicted octanol–water partition coefficient (Wildman–Crippen LogP) is 3.19. The maximum absolute atomic E-state index is 12.7. The topological polar surface area (TPSA) is 164 Å². The van der Waals surface area contributed by atoms with Crippen LogP contribution in [0.25, 0.3) is 22.3 Å². The molecule has 13 nitrogen and oxygen atoms in total. The van der Waals surface area contributed by atoms with Gasteiger partial charge in [-0.25, -0.2) is 15.0 Å². The number of nitrogens with zero attached hydrogens (tertiary/aromatic N) is 7. The van der Waals surface area contributed by atoms with E-state index < -0.39 is 5.91 Å². The summed E-state index contributed by atoms with van der Waals surface area (Å²) in [6.07, 6.45) is 10.0. The Kier molecular flexibility index (Phi) is 8.69.